The molecule has 0 saturated heterocycles. The van der Waals surface area contributed by atoms with Crippen molar-refractivity contribution in [3.05, 3.63) is 100 Å². The van der Waals surface area contributed by atoms with Gasteiger partial charge in [-0.15, -0.1) is 0 Å². The van der Waals surface area contributed by atoms with Gasteiger partial charge in [0, 0.05) is 17.1 Å². The van der Waals surface area contributed by atoms with Crippen LogP contribution in [0.3, 0.4) is 0 Å². The first-order valence-electron chi connectivity index (χ1n) is 10.1. The van der Waals surface area contributed by atoms with Crippen molar-refractivity contribution in [2.24, 2.45) is 0 Å². The first-order chi connectivity index (χ1) is 14.5. The molecule has 1 atom stereocenters. The molecular formula is C25H24ClN3O. The number of fused-ring (bicyclic) bond motifs is 1. The molecule has 0 radical (unpaired) electrons. The maximum Gasteiger partial charge on any atom is 0.251 e. The number of hydrogen-bond acceptors (Lipinski definition) is 2. The quantitative estimate of drug-likeness (QED) is 0.422. The van der Waals surface area contributed by atoms with E-state index in [-0.39, 0.29) is 11.9 Å². The molecular weight excluding hydrogens is 394 g/mol. The topological polar surface area (TPSA) is 46.9 Å². The number of nitrogens with one attached hydrogen (secondary N) is 1. The van der Waals surface area contributed by atoms with Gasteiger partial charge in [0.25, 0.3) is 5.91 Å². The minimum atomic E-state index is -0.197. The SMILES string of the molecule is CCC(NC(=O)c1cccc(C)c1)c1nc2ccccc2n1Cc1ccc(Cl)cc1. The number of para-hydroxylation sites is 2. The summed E-state index contributed by atoms with van der Waals surface area (Å²) in [7, 11) is 0. The van der Waals surface area contributed by atoms with Gasteiger partial charge in [-0.25, -0.2) is 4.98 Å². The predicted molar refractivity (Wildman–Crippen MR) is 122 cm³/mol. The molecule has 1 aromatic heterocycles. The van der Waals surface area contributed by atoms with Crippen LogP contribution < -0.4 is 5.32 Å². The molecule has 152 valence electrons. The number of carbonyl (C=O) groups is 1. The monoisotopic (exact) mass is 417 g/mol. The van der Waals surface area contributed by atoms with E-state index in [0.29, 0.717) is 17.1 Å². The molecule has 4 rings (SSSR count). The Morgan fingerprint density at radius 1 is 1.07 bits per heavy atom. The largest absolute Gasteiger partial charge is 0.342 e. The fraction of sp³-hybridized carbons (Fsp3) is 0.200. The average Bonchev–Trinajstić information content (AvgIpc) is 3.11. The highest BCUT2D eigenvalue weighted by atomic mass is 35.5. The van der Waals surface area contributed by atoms with E-state index in [1.807, 2.05) is 73.7 Å². The third kappa shape index (κ3) is 4.24. The lowest BCUT2D eigenvalue weighted by Crippen LogP contribution is -2.30. The number of benzene rings is 3. The van der Waals surface area contributed by atoms with Gasteiger partial charge < -0.3 is 9.88 Å². The normalized spacial score (nSPS) is 12.1. The fourth-order valence-electron chi connectivity index (χ4n) is 3.68. The Balaban J connectivity index is 1.70. The highest BCUT2D eigenvalue weighted by molar-refractivity contribution is 6.30. The number of aryl methyl sites for hydroxylation is 1. The Morgan fingerprint density at radius 3 is 2.57 bits per heavy atom. The van der Waals surface area contributed by atoms with E-state index in [9.17, 15) is 4.79 Å². The van der Waals surface area contributed by atoms with Gasteiger partial charge in [0.15, 0.2) is 0 Å². The molecule has 1 unspecified atom stereocenters. The maximum atomic E-state index is 12.9. The highest BCUT2D eigenvalue weighted by Gasteiger charge is 2.21. The second-order valence-corrected chi connectivity index (χ2v) is 7.91. The maximum absolute atomic E-state index is 12.9. The highest BCUT2D eigenvalue weighted by Crippen LogP contribution is 2.25. The molecule has 1 heterocycles. The number of halogens is 1. The number of imidazole rings is 1. The van der Waals surface area contributed by atoms with Crippen LogP contribution in [0, 0.1) is 6.92 Å². The molecule has 3 aromatic carbocycles. The van der Waals surface area contributed by atoms with E-state index >= 15 is 0 Å². The number of amides is 1. The Bertz CT molecular complexity index is 1180. The number of carbonyl (C=O) groups excluding carboxylic acids is 1. The van der Waals surface area contributed by atoms with E-state index in [0.717, 1.165) is 34.4 Å². The molecule has 4 nitrogen and oxygen atoms in total. The molecule has 0 saturated carbocycles. The molecule has 0 aliphatic rings. The second kappa shape index (κ2) is 8.72. The zero-order chi connectivity index (χ0) is 21.1. The molecule has 0 bridgehead atoms. The minimum Gasteiger partial charge on any atom is -0.342 e. The van der Waals surface area contributed by atoms with Crippen molar-refractivity contribution in [1.29, 1.82) is 0 Å². The van der Waals surface area contributed by atoms with Crippen molar-refractivity contribution in [3.8, 4) is 0 Å². The van der Waals surface area contributed by atoms with Gasteiger partial charge in [0.05, 0.1) is 17.1 Å². The Kier molecular flexibility index (Phi) is 5.86. The molecule has 5 heteroatoms. The van der Waals surface area contributed by atoms with E-state index in [1.54, 1.807) is 0 Å². The zero-order valence-corrected chi connectivity index (χ0v) is 17.9. The summed E-state index contributed by atoms with van der Waals surface area (Å²) in [6, 6.07) is 23.3. The first kappa shape index (κ1) is 20.2. The number of rotatable bonds is 6. The van der Waals surface area contributed by atoms with Gasteiger partial charge in [-0.1, -0.05) is 60.5 Å². The summed E-state index contributed by atoms with van der Waals surface area (Å²) >= 11 is 6.05. The fourth-order valence-corrected chi connectivity index (χ4v) is 3.80. The summed E-state index contributed by atoms with van der Waals surface area (Å²) in [4.78, 5) is 17.8. The van der Waals surface area contributed by atoms with Crippen LogP contribution in [0.5, 0.6) is 0 Å². The lowest BCUT2D eigenvalue weighted by Gasteiger charge is -2.19. The molecule has 0 aliphatic heterocycles. The molecule has 4 aromatic rings. The van der Waals surface area contributed by atoms with Crippen molar-refractivity contribution >= 4 is 28.5 Å². The molecule has 30 heavy (non-hydrogen) atoms. The van der Waals surface area contributed by atoms with Crippen LogP contribution >= 0.6 is 11.6 Å². The summed E-state index contributed by atoms with van der Waals surface area (Å²) in [6.07, 6.45) is 0.738. The number of hydrogen-bond donors (Lipinski definition) is 1. The molecule has 0 spiro atoms. The van der Waals surface area contributed by atoms with Crippen molar-refractivity contribution in [3.63, 3.8) is 0 Å². The minimum absolute atomic E-state index is 0.0874. The number of aromatic nitrogens is 2. The smallest absolute Gasteiger partial charge is 0.251 e. The van der Waals surface area contributed by atoms with Crippen molar-refractivity contribution in [2.45, 2.75) is 32.9 Å². The van der Waals surface area contributed by atoms with E-state index in [4.69, 9.17) is 16.6 Å². The first-order valence-corrected chi connectivity index (χ1v) is 10.5. The summed E-state index contributed by atoms with van der Waals surface area (Å²) in [5, 5.41) is 3.89. The molecule has 1 amide bonds. The van der Waals surface area contributed by atoms with E-state index in [2.05, 4.69) is 22.9 Å². The molecule has 1 N–H and O–H groups in total. The standard InChI is InChI=1S/C25H24ClN3O/c1-3-21(28-25(30)19-8-6-7-17(2)15-19)24-27-22-9-4-5-10-23(22)29(24)16-18-11-13-20(26)14-12-18/h4-15,21H,3,16H2,1-2H3,(H,28,30). The molecule has 0 fully saturated rings. The Labute approximate surface area is 181 Å². The third-order valence-corrected chi connectivity index (χ3v) is 5.50. The van der Waals surface area contributed by atoms with Gasteiger partial charge in [-0.05, 0) is 55.3 Å². The summed E-state index contributed by atoms with van der Waals surface area (Å²) in [6.45, 7) is 4.70. The van der Waals surface area contributed by atoms with Crippen molar-refractivity contribution in [1.82, 2.24) is 14.9 Å². The van der Waals surface area contributed by atoms with Gasteiger partial charge in [0.2, 0.25) is 0 Å². The zero-order valence-electron chi connectivity index (χ0n) is 17.1. The van der Waals surface area contributed by atoms with Crippen LogP contribution in [0.25, 0.3) is 11.0 Å². The Hall–Kier alpha value is -3.11. The van der Waals surface area contributed by atoms with Crippen LogP contribution in [-0.4, -0.2) is 15.5 Å². The van der Waals surface area contributed by atoms with Gasteiger partial charge in [-0.2, -0.15) is 0 Å². The molecule has 0 aliphatic carbocycles. The van der Waals surface area contributed by atoms with Gasteiger partial charge in [-0.3, -0.25) is 4.79 Å². The van der Waals surface area contributed by atoms with E-state index < -0.39 is 0 Å². The summed E-state index contributed by atoms with van der Waals surface area (Å²) < 4.78 is 2.18. The summed E-state index contributed by atoms with van der Waals surface area (Å²) in [5.74, 6) is 0.769. The van der Waals surface area contributed by atoms with Crippen LogP contribution in [0.1, 0.15) is 46.7 Å². The average molecular weight is 418 g/mol. The second-order valence-electron chi connectivity index (χ2n) is 7.48. The van der Waals surface area contributed by atoms with Crippen LogP contribution in [-0.2, 0) is 6.54 Å². The summed E-state index contributed by atoms with van der Waals surface area (Å²) in [5.41, 5.74) is 4.82. The lowest BCUT2D eigenvalue weighted by molar-refractivity contribution is 0.0933. The van der Waals surface area contributed by atoms with Crippen LogP contribution in [0.15, 0.2) is 72.8 Å². The third-order valence-electron chi connectivity index (χ3n) is 5.24. The Morgan fingerprint density at radius 2 is 1.83 bits per heavy atom. The number of nitrogens with zero attached hydrogens (tertiary/aromatic N) is 2. The van der Waals surface area contributed by atoms with Crippen LogP contribution in [0.2, 0.25) is 5.02 Å². The van der Waals surface area contributed by atoms with Gasteiger partial charge in [0.1, 0.15) is 5.82 Å². The lowest BCUT2D eigenvalue weighted by atomic mass is 10.1. The predicted octanol–water partition coefficient (Wildman–Crippen LogP) is 5.93. The van der Waals surface area contributed by atoms with Crippen molar-refractivity contribution in [2.75, 3.05) is 0 Å². The van der Waals surface area contributed by atoms with E-state index in [1.165, 1.54) is 0 Å². The van der Waals surface area contributed by atoms with Gasteiger partial charge >= 0.3 is 0 Å². The van der Waals surface area contributed by atoms with Crippen LogP contribution in [0.4, 0.5) is 0 Å². The van der Waals surface area contributed by atoms with Crippen molar-refractivity contribution < 1.29 is 4.79 Å².